The average Bonchev–Trinajstić information content (AvgIpc) is 2.02. The summed E-state index contributed by atoms with van der Waals surface area (Å²) in [7, 11) is 0. The molecular formula is C10H12O3. The Bertz CT molecular complexity index is 291. The van der Waals surface area contributed by atoms with E-state index in [1.54, 1.807) is 12.2 Å². The largest absolute Gasteiger partial charge is 0.511 e. The number of aliphatic hydroxyl groups excluding tert-OH is 1. The Morgan fingerprint density at radius 1 is 1.62 bits per heavy atom. The normalized spacial score (nSPS) is 37.8. The number of allylic oxidation sites excluding steroid dienone is 3. The second-order valence-electron chi connectivity index (χ2n) is 3.60. The molecule has 0 bridgehead atoms. The van der Waals surface area contributed by atoms with E-state index in [9.17, 15) is 9.90 Å². The minimum Gasteiger partial charge on any atom is -0.511 e. The van der Waals surface area contributed by atoms with Gasteiger partial charge in [-0.3, -0.25) is 4.79 Å². The fraction of sp³-hybridized carbons (Fsp3) is 0.500. The summed E-state index contributed by atoms with van der Waals surface area (Å²) in [4.78, 5) is 11.4. The predicted molar refractivity (Wildman–Crippen MR) is 47.0 cm³/mol. The van der Waals surface area contributed by atoms with Crippen LogP contribution in [0, 0.1) is 11.8 Å². The number of hydrogen-bond acceptors (Lipinski definition) is 3. The van der Waals surface area contributed by atoms with Gasteiger partial charge in [-0.2, -0.15) is 0 Å². The Labute approximate surface area is 76.7 Å². The highest BCUT2D eigenvalue weighted by Crippen LogP contribution is 2.34. The van der Waals surface area contributed by atoms with Gasteiger partial charge in [-0.05, 0) is 19.4 Å². The zero-order valence-electron chi connectivity index (χ0n) is 7.43. The molecule has 0 saturated carbocycles. The number of aliphatic hydroxyl groups is 1. The lowest BCUT2D eigenvalue weighted by atomic mass is 9.81. The zero-order valence-corrected chi connectivity index (χ0v) is 7.43. The maximum atomic E-state index is 11.4. The van der Waals surface area contributed by atoms with Gasteiger partial charge in [0.1, 0.15) is 11.7 Å². The van der Waals surface area contributed by atoms with Gasteiger partial charge >= 0.3 is 5.97 Å². The summed E-state index contributed by atoms with van der Waals surface area (Å²) >= 11 is 0. The van der Waals surface area contributed by atoms with Crippen LogP contribution in [0.15, 0.2) is 24.0 Å². The molecule has 0 aromatic rings. The molecule has 1 saturated heterocycles. The van der Waals surface area contributed by atoms with Gasteiger partial charge in [-0.1, -0.05) is 12.2 Å². The summed E-state index contributed by atoms with van der Waals surface area (Å²) < 4.78 is 5.05. The van der Waals surface area contributed by atoms with E-state index < -0.39 is 5.92 Å². The fourth-order valence-electron chi connectivity index (χ4n) is 1.94. The standard InChI is InChI=1S/C10H12O3/c1-6-5-7-3-2-4-8(11)9(7)10(12)13-6/h2-4,6-7,9,11H,5H2,1H3. The van der Waals surface area contributed by atoms with Crippen molar-refractivity contribution in [2.75, 3.05) is 0 Å². The molecular weight excluding hydrogens is 168 g/mol. The average molecular weight is 180 g/mol. The third-order valence-electron chi connectivity index (χ3n) is 2.55. The highest BCUT2D eigenvalue weighted by atomic mass is 16.5. The van der Waals surface area contributed by atoms with Crippen molar-refractivity contribution < 1.29 is 14.6 Å². The van der Waals surface area contributed by atoms with Crippen LogP contribution < -0.4 is 0 Å². The molecule has 1 N–H and O–H groups in total. The summed E-state index contributed by atoms with van der Waals surface area (Å²) in [5, 5.41) is 9.47. The Hall–Kier alpha value is -1.25. The van der Waals surface area contributed by atoms with Crippen LogP contribution in [-0.2, 0) is 9.53 Å². The second-order valence-corrected chi connectivity index (χ2v) is 3.60. The van der Waals surface area contributed by atoms with E-state index in [-0.39, 0.29) is 23.8 Å². The molecule has 0 radical (unpaired) electrons. The Balaban J connectivity index is 2.26. The zero-order chi connectivity index (χ0) is 9.42. The van der Waals surface area contributed by atoms with Crippen molar-refractivity contribution >= 4 is 5.97 Å². The molecule has 1 heterocycles. The molecule has 3 atom stereocenters. The molecule has 1 aliphatic heterocycles. The molecule has 3 unspecified atom stereocenters. The SMILES string of the molecule is CC1CC2C=CC=C(O)C2C(=O)O1. The van der Waals surface area contributed by atoms with Crippen LogP contribution in [0.5, 0.6) is 0 Å². The molecule has 70 valence electrons. The van der Waals surface area contributed by atoms with Gasteiger partial charge in [0.15, 0.2) is 0 Å². The maximum absolute atomic E-state index is 11.4. The number of carbonyl (C=O) groups excluding carboxylic acids is 1. The Morgan fingerprint density at radius 3 is 3.15 bits per heavy atom. The van der Waals surface area contributed by atoms with Crippen LogP contribution >= 0.6 is 0 Å². The number of rotatable bonds is 0. The third-order valence-corrected chi connectivity index (χ3v) is 2.55. The van der Waals surface area contributed by atoms with E-state index >= 15 is 0 Å². The van der Waals surface area contributed by atoms with Gasteiger partial charge in [0.25, 0.3) is 0 Å². The maximum Gasteiger partial charge on any atom is 0.317 e. The Morgan fingerprint density at radius 2 is 2.38 bits per heavy atom. The molecule has 0 spiro atoms. The third kappa shape index (κ3) is 1.34. The summed E-state index contributed by atoms with van der Waals surface area (Å²) in [5.41, 5.74) is 0. The quantitative estimate of drug-likeness (QED) is 0.575. The second kappa shape index (κ2) is 2.91. The van der Waals surface area contributed by atoms with Gasteiger partial charge in [0.05, 0.1) is 6.10 Å². The van der Waals surface area contributed by atoms with Crippen molar-refractivity contribution in [3.8, 4) is 0 Å². The molecule has 0 aromatic carbocycles. The first kappa shape index (κ1) is 8.35. The van der Waals surface area contributed by atoms with Crippen LogP contribution in [0.1, 0.15) is 13.3 Å². The topological polar surface area (TPSA) is 46.5 Å². The first-order chi connectivity index (χ1) is 6.18. The van der Waals surface area contributed by atoms with Crippen molar-refractivity contribution in [3.05, 3.63) is 24.0 Å². The van der Waals surface area contributed by atoms with Crippen molar-refractivity contribution in [1.82, 2.24) is 0 Å². The van der Waals surface area contributed by atoms with Crippen LogP contribution in [0.25, 0.3) is 0 Å². The molecule has 3 nitrogen and oxygen atoms in total. The molecule has 13 heavy (non-hydrogen) atoms. The number of cyclic esters (lactones) is 1. The smallest absolute Gasteiger partial charge is 0.317 e. The molecule has 2 aliphatic rings. The summed E-state index contributed by atoms with van der Waals surface area (Å²) in [6.45, 7) is 1.87. The van der Waals surface area contributed by atoms with Gasteiger partial charge < -0.3 is 9.84 Å². The van der Waals surface area contributed by atoms with Crippen LogP contribution in [0.3, 0.4) is 0 Å². The first-order valence-electron chi connectivity index (χ1n) is 4.46. The van der Waals surface area contributed by atoms with E-state index in [0.717, 1.165) is 6.42 Å². The first-order valence-corrected chi connectivity index (χ1v) is 4.46. The molecule has 0 aromatic heterocycles. The van der Waals surface area contributed by atoms with Gasteiger partial charge in [-0.15, -0.1) is 0 Å². The van der Waals surface area contributed by atoms with E-state index in [0.29, 0.717) is 0 Å². The molecule has 3 heteroatoms. The number of hydrogen-bond donors (Lipinski definition) is 1. The van der Waals surface area contributed by atoms with Crippen LogP contribution in [-0.4, -0.2) is 17.2 Å². The minimum absolute atomic E-state index is 0.0377. The lowest BCUT2D eigenvalue weighted by Gasteiger charge is -2.32. The van der Waals surface area contributed by atoms with Crippen molar-refractivity contribution in [2.24, 2.45) is 11.8 Å². The van der Waals surface area contributed by atoms with Crippen LogP contribution in [0.4, 0.5) is 0 Å². The lowest BCUT2D eigenvalue weighted by Crippen LogP contribution is -2.37. The molecule has 1 aliphatic carbocycles. The number of ether oxygens (including phenoxy) is 1. The highest BCUT2D eigenvalue weighted by molar-refractivity contribution is 5.77. The van der Waals surface area contributed by atoms with E-state index in [4.69, 9.17) is 4.74 Å². The van der Waals surface area contributed by atoms with Crippen molar-refractivity contribution in [3.63, 3.8) is 0 Å². The van der Waals surface area contributed by atoms with Gasteiger partial charge in [0, 0.05) is 5.92 Å². The lowest BCUT2D eigenvalue weighted by molar-refractivity contribution is -0.161. The molecule has 0 amide bonds. The fourth-order valence-corrected chi connectivity index (χ4v) is 1.94. The van der Waals surface area contributed by atoms with E-state index in [1.165, 1.54) is 0 Å². The van der Waals surface area contributed by atoms with Crippen molar-refractivity contribution in [2.45, 2.75) is 19.4 Å². The van der Waals surface area contributed by atoms with Gasteiger partial charge in [-0.25, -0.2) is 0 Å². The summed E-state index contributed by atoms with van der Waals surface area (Å²) in [5.74, 6) is -0.520. The minimum atomic E-state index is -0.457. The molecule has 1 fully saturated rings. The predicted octanol–water partition coefficient (Wildman–Crippen LogP) is 1.57. The summed E-state index contributed by atoms with van der Waals surface area (Å²) in [6, 6.07) is 0. The highest BCUT2D eigenvalue weighted by Gasteiger charge is 2.39. The Kier molecular flexibility index (Phi) is 1.87. The number of fused-ring (bicyclic) bond motifs is 1. The van der Waals surface area contributed by atoms with E-state index in [2.05, 4.69) is 0 Å². The number of carbonyl (C=O) groups is 1. The summed E-state index contributed by atoms with van der Waals surface area (Å²) in [6.07, 6.45) is 6.07. The van der Waals surface area contributed by atoms with Crippen LogP contribution in [0.2, 0.25) is 0 Å². The monoisotopic (exact) mass is 180 g/mol. The molecule has 2 rings (SSSR count). The van der Waals surface area contributed by atoms with Crippen molar-refractivity contribution in [1.29, 1.82) is 0 Å². The van der Waals surface area contributed by atoms with Gasteiger partial charge in [0.2, 0.25) is 0 Å². The van der Waals surface area contributed by atoms with E-state index in [1.807, 2.05) is 13.0 Å². The number of esters is 1.